The summed E-state index contributed by atoms with van der Waals surface area (Å²) in [6, 6.07) is 2.74. The number of carbonyl (C=O) groups is 1. The minimum atomic E-state index is -1.08. The highest BCUT2D eigenvalue weighted by atomic mass is 19.1. The van der Waals surface area contributed by atoms with Crippen molar-refractivity contribution in [3.8, 4) is 24.1 Å². The summed E-state index contributed by atoms with van der Waals surface area (Å²) in [5, 5.41) is 14.4. The lowest BCUT2D eigenvalue weighted by atomic mass is 9.86. The maximum Gasteiger partial charge on any atom is 0.318 e. The number of β-amino-alcohol motifs (C(OH)–C–C–N with tert-alkyl or cyclic N) is 1. The smallest absolute Gasteiger partial charge is 0.318 e. The highest BCUT2D eigenvalue weighted by Gasteiger charge is 2.45. The number of ether oxygens (including phenoxy) is 3. The van der Waals surface area contributed by atoms with Gasteiger partial charge in [0.25, 0.3) is 0 Å². The summed E-state index contributed by atoms with van der Waals surface area (Å²) in [6.07, 6.45) is 11.8. The van der Waals surface area contributed by atoms with E-state index in [0.29, 0.717) is 67.8 Å². The Morgan fingerprint density at radius 3 is 2.81 bits per heavy atom. The number of aliphatic hydroxyl groups is 1. The number of aromatic nitrogens is 2. The molecule has 0 spiro atoms. The van der Waals surface area contributed by atoms with Crippen LogP contribution in [0.2, 0.25) is 0 Å². The van der Waals surface area contributed by atoms with Crippen molar-refractivity contribution in [2.45, 2.75) is 94.6 Å². The Morgan fingerprint density at radius 2 is 2.04 bits per heavy atom. The number of likely N-dealkylation sites (tertiary alicyclic amines) is 1. The molecular weight excluding hydrogens is 682 g/mol. The first-order valence-corrected chi connectivity index (χ1v) is 19.0. The number of rotatable bonds is 9. The fraction of sp³-hybridized carbons (Fsp3) is 0.625. The Morgan fingerprint density at radius 1 is 1.23 bits per heavy atom. The summed E-state index contributed by atoms with van der Waals surface area (Å²) in [7, 11) is 0. The van der Waals surface area contributed by atoms with E-state index in [1.807, 2.05) is 11.8 Å². The topological polar surface area (TPSA) is 113 Å². The van der Waals surface area contributed by atoms with E-state index >= 15 is 8.78 Å². The lowest BCUT2D eigenvalue weighted by molar-refractivity contribution is -0.117. The number of carbonyl (C=O) groups excluding carboxylic acids is 1. The summed E-state index contributed by atoms with van der Waals surface area (Å²) >= 11 is 0. The van der Waals surface area contributed by atoms with Gasteiger partial charge in [-0.25, -0.2) is 8.78 Å². The lowest BCUT2D eigenvalue weighted by Crippen LogP contribution is -2.54. The Kier molecular flexibility index (Phi) is 10.8. The quantitative estimate of drug-likeness (QED) is 0.290. The van der Waals surface area contributed by atoms with Crippen LogP contribution in [0.1, 0.15) is 69.2 Å². The maximum absolute atomic E-state index is 15.1. The zero-order valence-corrected chi connectivity index (χ0v) is 30.9. The van der Waals surface area contributed by atoms with Crippen molar-refractivity contribution in [1.29, 1.82) is 0 Å². The summed E-state index contributed by atoms with van der Waals surface area (Å²) in [5.74, 6) is 3.37. The summed E-state index contributed by atoms with van der Waals surface area (Å²) in [4.78, 5) is 28.5. The molecule has 3 saturated heterocycles. The molecule has 286 valence electrons. The first-order chi connectivity index (χ1) is 25.4. The van der Waals surface area contributed by atoms with Crippen LogP contribution in [0, 0.1) is 24.1 Å². The highest BCUT2D eigenvalue weighted by Crippen LogP contribution is 2.42. The van der Waals surface area contributed by atoms with Gasteiger partial charge in [0.15, 0.2) is 11.6 Å². The van der Waals surface area contributed by atoms with Crippen molar-refractivity contribution in [1.82, 2.24) is 20.2 Å². The van der Waals surface area contributed by atoms with Gasteiger partial charge in [-0.3, -0.25) is 9.69 Å². The second-order valence-electron chi connectivity index (χ2n) is 16.0. The molecule has 7 rings (SSSR count). The van der Waals surface area contributed by atoms with Gasteiger partial charge < -0.3 is 34.4 Å². The first-order valence-electron chi connectivity index (χ1n) is 19.0. The number of nitrogens with zero attached hydrogens (tertiary/aromatic N) is 5. The maximum atomic E-state index is 15.1. The molecule has 0 radical (unpaired) electrons. The molecule has 1 unspecified atom stereocenters. The molecule has 11 nitrogen and oxygen atoms in total. The Labute approximate surface area is 311 Å². The van der Waals surface area contributed by atoms with E-state index in [0.717, 1.165) is 57.4 Å². The second-order valence-corrected chi connectivity index (χ2v) is 16.0. The average molecular weight is 735 g/mol. The standard InChI is InChI=1S/C40H52F2N6O5/c1-5-31-32(42)11-10-27-18-40(4,50)24-48(35(27)31)30-17-33-36(52-23-30)37(46-14-8-7-9-29(22-46)43-34(49)6-2)45-38(44-33)53-25-39(3)19-28(41)21-47(39)20-26-12-15-51-16-13-26/h1,6,10-11,26,28-30,50H,2,7-9,12-25H2,3-4H3,(H,43,49)/t28-,29?,30+,39+,40-/m1/s1. The van der Waals surface area contributed by atoms with Crippen LogP contribution in [0.5, 0.6) is 11.8 Å². The third kappa shape index (κ3) is 8.10. The van der Waals surface area contributed by atoms with Crippen LogP contribution in [0.4, 0.5) is 20.3 Å². The Balaban J connectivity index is 1.21. The molecule has 5 aliphatic rings. The molecule has 2 N–H and O–H groups in total. The molecule has 5 atom stereocenters. The van der Waals surface area contributed by atoms with Crippen molar-refractivity contribution in [3.63, 3.8) is 0 Å². The van der Waals surface area contributed by atoms with Crippen molar-refractivity contribution in [3.05, 3.63) is 47.4 Å². The fourth-order valence-electron chi connectivity index (χ4n) is 8.88. The normalized spacial score (nSPS) is 29.3. The molecule has 5 aliphatic heterocycles. The number of amides is 1. The second kappa shape index (κ2) is 15.4. The molecule has 3 fully saturated rings. The van der Waals surface area contributed by atoms with Crippen LogP contribution in [0.3, 0.4) is 0 Å². The van der Waals surface area contributed by atoms with Crippen LogP contribution in [0.15, 0.2) is 24.8 Å². The molecule has 6 heterocycles. The van der Waals surface area contributed by atoms with E-state index in [4.69, 9.17) is 30.6 Å². The van der Waals surface area contributed by atoms with Gasteiger partial charge in [-0.05, 0) is 69.6 Å². The number of anilines is 2. The minimum Gasteiger partial charge on any atom is -0.486 e. The van der Waals surface area contributed by atoms with Gasteiger partial charge in [0, 0.05) is 71.2 Å². The molecule has 1 aromatic carbocycles. The van der Waals surface area contributed by atoms with Gasteiger partial charge in [-0.2, -0.15) is 9.97 Å². The molecule has 0 saturated carbocycles. The van der Waals surface area contributed by atoms with E-state index in [-0.39, 0.29) is 49.3 Å². The van der Waals surface area contributed by atoms with Crippen LogP contribution >= 0.6 is 0 Å². The molecule has 0 bridgehead atoms. The number of halogens is 2. The van der Waals surface area contributed by atoms with Crippen molar-refractivity contribution in [2.24, 2.45) is 5.92 Å². The van der Waals surface area contributed by atoms with Crippen LogP contribution in [-0.2, 0) is 22.4 Å². The molecule has 1 aromatic heterocycles. The molecule has 13 heteroatoms. The van der Waals surface area contributed by atoms with Gasteiger partial charge in [0.1, 0.15) is 25.2 Å². The van der Waals surface area contributed by atoms with E-state index in [9.17, 15) is 9.90 Å². The lowest BCUT2D eigenvalue weighted by Gasteiger charge is -2.45. The number of benzene rings is 1. The number of alkyl halides is 1. The number of hydrogen-bond donors (Lipinski definition) is 2. The van der Waals surface area contributed by atoms with E-state index in [1.165, 1.54) is 12.1 Å². The van der Waals surface area contributed by atoms with Gasteiger partial charge >= 0.3 is 6.01 Å². The number of nitrogens with one attached hydrogen (secondary N) is 1. The van der Waals surface area contributed by atoms with E-state index in [1.54, 1.807) is 13.0 Å². The van der Waals surface area contributed by atoms with Gasteiger partial charge in [0.2, 0.25) is 5.91 Å². The Bertz CT molecular complexity index is 1730. The number of terminal acetylenes is 1. The largest absolute Gasteiger partial charge is 0.486 e. The molecule has 2 aromatic rings. The summed E-state index contributed by atoms with van der Waals surface area (Å²) < 4.78 is 48.7. The van der Waals surface area contributed by atoms with Crippen molar-refractivity contribution in [2.75, 3.05) is 69.0 Å². The molecular formula is C40H52F2N6O5. The predicted molar refractivity (Wildman–Crippen MR) is 198 cm³/mol. The van der Waals surface area contributed by atoms with Gasteiger partial charge in [-0.1, -0.05) is 18.6 Å². The highest BCUT2D eigenvalue weighted by molar-refractivity contribution is 5.87. The SMILES string of the molecule is C#Cc1c(F)ccc2c1N([C@@H]1COc3c(nc(OC[C@]4(C)C[C@@H](F)CN4CC4CCOCC4)nc3N3CCCCC(NC(=O)C=C)C3)C1)C[C@](C)(O)C2. The molecule has 0 aliphatic carbocycles. The van der Waals surface area contributed by atoms with E-state index in [2.05, 4.69) is 27.6 Å². The Hall–Kier alpha value is -3.99. The molecule has 53 heavy (non-hydrogen) atoms. The number of hydrogen-bond acceptors (Lipinski definition) is 10. The monoisotopic (exact) mass is 734 g/mol. The van der Waals surface area contributed by atoms with Gasteiger partial charge in [0.05, 0.1) is 34.1 Å². The third-order valence-electron chi connectivity index (χ3n) is 11.6. The average Bonchev–Trinajstić information content (AvgIpc) is 3.26. The summed E-state index contributed by atoms with van der Waals surface area (Å²) in [6.45, 7) is 11.9. The van der Waals surface area contributed by atoms with Crippen molar-refractivity contribution < 1.29 is 32.9 Å². The van der Waals surface area contributed by atoms with Crippen LogP contribution in [-0.4, -0.2) is 114 Å². The summed E-state index contributed by atoms with van der Waals surface area (Å²) in [5.41, 5.74) is 0.497. The first kappa shape index (κ1) is 37.3. The minimum absolute atomic E-state index is 0.129. The predicted octanol–water partition coefficient (Wildman–Crippen LogP) is 3.98. The van der Waals surface area contributed by atoms with E-state index < -0.39 is 23.1 Å². The number of fused-ring (bicyclic) bond motifs is 2. The third-order valence-corrected chi connectivity index (χ3v) is 11.6. The zero-order chi connectivity index (χ0) is 37.3. The molecule has 1 amide bonds. The van der Waals surface area contributed by atoms with Crippen molar-refractivity contribution >= 4 is 17.4 Å². The van der Waals surface area contributed by atoms with Crippen LogP contribution in [0.25, 0.3) is 0 Å². The van der Waals surface area contributed by atoms with Gasteiger partial charge in [-0.15, -0.1) is 6.42 Å². The zero-order valence-electron chi connectivity index (χ0n) is 30.9. The fourth-order valence-corrected chi connectivity index (χ4v) is 8.88. The van der Waals surface area contributed by atoms with Crippen LogP contribution < -0.4 is 24.6 Å².